The van der Waals surface area contributed by atoms with Crippen LogP contribution in [0.15, 0.2) is 54.1 Å². The maximum atomic E-state index is 13.5. The zero-order valence-electron chi connectivity index (χ0n) is 13.9. The molecule has 0 aliphatic heterocycles. The molecule has 0 aliphatic carbocycles. The third-order valence-electron chi connectivity index (χ3n) is 3.23. The molecule has 2 rings (SSSR count). The van der Waals surface area contributed by atoms with Gasteiger partial charge in [0.2, 0.25) is 0 Å². The molecule has 0 bridgehead atoms. The Labute approximate surface area is 149 Å². The summed E-state index contributed by atoms with van der Waals surface area (Å²) in [6.45, 7) is -0.649. The molecule has 0 atom stereocenters. The lowest BCUT2D eigenvalue weighted by Crippen LogP contribution is -2.21. The summed E-state index contributed by atoms with van der Waals surface area (Å²) in [6.07, 6.45) is 1.32. The fourth-order valence-corrected chi connectivity index (χ4v) is 1.99. The van der Waals surface area contributed by atoms with Crippen LogP contribution in [0.4, 0.5) is 10.1 Å². The molecular formula is C19H15FN2O4. The average molecular weight is 354 g/mol. The second kappa shape index (κ2) is 8.99. The van der Waals surface area contributed by atoms with Crippen LogP contribution < -0.4 is 10.1 Å². The number of halogens is 1. The number of methoxy groups -OCH3 is 1. The summed E-state index contributed by atoms with van der Waals surface area (Å²) in [5.41, 5.74) is 0.256. The van der Waals surface area contributed by atoms with Crippen LogP contribution in [0.1, 0.15) is 5.56 Å². The Morgan fingerprint density at radius 2 is 2.00 bits per heavy atom. The van der Waals surface area contributed by atoms with E-state index in [4.69, 9.17) is 14.7 Å². The molecule has 0 heterocycles. The normalized spacial score (nSPS) is 10.6. The van der Waals surface area contributed by atoms with Crippen molar-refractivity contribution in [1.82, 2.24) is 0 Å². The second-order valence-electron chi connectivity index (χ2n) is 5.05. The summed E-state index contributed by atoms with van der Waals surface area (Å²) in [7, 11) is 1.50. The van der Waals surface area contributed by atoms with Crippen LogP contribution in [0.5, 0.6) is 5.75 Å². The summed E-state index contributed by atoms with van der Waals surface area (Å²) in [5, 5.41) is 11.4. The van der Waals surface area contributed by atoms with Gasteiger partial charge in [0.25, 0.3) is 5.91 Å². The second-order valence-corrected chi connectivity index (χ2v) is 5.05. The zero-order valence-corrected chi connectivity index (χ0v) is 13.9. The van der Waals surface area contributed by atoms with E-state index in [-0.39, 0.29) is 11.3 Å². The van der Waals surface area contributed by atoms with Crippen LogP contribution in [0, 0.1) is 17.1 Å². The van der Waals surface area contributed by atoms with E-state index in [1.807, 2.05) is 0 Å². The molecule has 6 nitrogen and oxygen atoms in total. The van der Waals surface area contributed by atoms with Crippen molar-refractivity contribution in [1.29, 1.82) is 5.26 Å². The number of rotatable bonds is 6. The van der Waals surface area contributed by atoms with Gasteiger partial charge < -0.3 is 14.8 Å². The molecule has 2 aromatic rings. The minimum Gasteiger partial charge on any atom is -0.497 e. The Morgan fingerprint density at radius 3 is 2.69 bits per heavy atom. The van der Waals surface area contributed by atoms with Gasteiger partial charge in [-0.3, -0.25) is 4.79 Å². The fourth-order valence-electron chi connectivity index (χ4n) is 1.99. The van der Waals surface area contributed by atoms with Gasteiger partial charge >= 0.3 is 5.97 Å². The molecule has 1 amide bonds. The largest absolute Gasteiger partial charge is 0.497 e. The van der Waals surface area contributed by atoms with Gasteiger partial charge in [0.05, 0.1) is 12.8 Å². The van der Waals surface area contributed by atoms with E-state index in [0.717, 1.165) is 0 Å². The van der Waals surface area contributed by atoms with Crippen molar-refractivity contribution < 1.29 is 23.5 Å². The van der Waals surface area contributed by atoms with Crippen molar-refractivity contribution in [2.45, 2.75) is 0 Å². The lowest BCUT2D eigenvalue weighted by molar-refractivity contribution is -0.142. The first-order valence-corrected chi connectivity index (χ1v) is 7.51. The van der Waals surface area contributed by atoms with Crippen LogP contribution in [0.2, 0.25) is 0 Å². The quantitative estimate of drug-likeness (QED) is 0.489. The molecule has 0 saturated heterocycles. The molecule has 0 aliphatic rings. The van der Waals surface area contributed by atoms with Gasteiger partial charge in [-0.2, -0.15) is 5.26 Å². The number of nitriles is 1. The number of nitrogens with one attached hydrogen (secondary N) is 1. The molecule has 0 saturated carbocycles. The summed E-state index contributed by atoms with van der Waals surface area (Å²) in [5.74, 6) is -1.72. The summed E-state index contributed by atoms with van der Waals surface area (Å²) in [6, 6.07) is 14.0. The summed E-state index contributed by atoms with van der Waals surface area (Å²) >= 11 is 0. The van der Waals surface area contributed by atoms with Crippen molar-refractivity contribution in [2.75, 3.05) is 19.0 Å². The Morgan fingerprint density at radius 1 is 1.23 bits per heavy atom. The van der Waals surface area contributed by atoms with E-state index in [1.165, 1.54) is 31.4 Å². The first-order valence-electron chi connectivity index (χ1n) is 7.51. The molecule has 2 aromatic carbocycles. The number of nitrogens with zero attached hydrogens (tertiary/aromatic N) is 1. The number of anilines is 1. The van der Waals surface area contributed by atoms with Gasteiger partial charge in [-0.25, -0.2) is 9.18 Å². The van der Waals surface area contributed by atoms with Crippen molar-refractivity contribution >= 4 is 23.6 Å². The lowest BCUT2D eigenvalue weighted by atomic mass is 10.1. The zero-order chi connectivity index (χ0) is 18.9. The van der Waals surface area contributed by atoms with Gasteiger partial charge in [-0.05, 0) is 35.9 Å². The number of carbonyl (C=O) groups is 2. The smallest absolute Gasteiger partial charge is 0.349 e. The lowest BCUT2D eigenvalue weighted by Gasteiger charge is -2.07. The number of hydrogen-bond acceptors (Lipinski definition) is 5. The average Bonchev–Trinajstić information content (AvgIpc) is 2.66. The first-order chi connectivity index (χ1) is 12.5. The van der Waals surface area contributed by atoms with E-state index >= 15 is 0 Å². The Kier molecular flexibility index (Phi) is 6.46. The summed E-state index contributed by atoms with van der Waals surface area (Å²) < 4.78 is 23.3. The molecule has 7 heteroatoms. The minimum atomic E-state index is -0.959. The van der Waals surface area contributed by atoms with Gasteiger partial charge in [-0.15, -0.1) is 0 Å². The number of para-hydroxylation sites is 1. The van der Waals surface area contributed by atoms with E-state index in [9.17, 15) is 14.0 Å². The van der Waals surface area contributed by atoms with E-state index in [0.29, 0.717) is 11.3 Å². The van der Waals surface area contributed by atoms with E-state index in [2.05, 4.69) is 5.32 Å². The highest BCUT2D eigenvalue weighted by Crippen LogP contribution is 2.16. The molecule has 26 heavy (non-hydrogen) atoms. The Hall–Kier alpha value is -3.66. The highest BCUT2D eigenvalue weighted by Gasteiger charge is 2.14. The summed E-state index contributed by atoms with van der Waals surface area (Å²) in [4.78, 5) is 23.7. The Balaban J connectivity index is 1.98. The topological polar surface area (TPSA) is 88.4 Å². The van der Waals surface area contributed by atoms with Crippen LogP contribution >= 0.6 is 0 Å². The van der Waals surface area contributed by atoms with E-state index in [1.54, 1.807) is 36.4 Å². The number of carbonyl (C=O) groups excluding carboxylic acids is 2. The predicted molar refractivity (Wildman–Crippen MR) is 92.6 cm³/mol. The fraction of sp³-hybridized carbons (Fsp3) is 0.105. The van der Waals surface area contributed by atoms with Crippen molar-refractivity contribution in [3.63, 3.8) is 0 Å². The van der Waals surface area contributed by atoms with Gasteiger partial charge in [0.15, 0.2) is 6.61 Å². The number of amides is 1. The molecule has 132 valence electrons. The van der Waals surface area contributed by atoms with Crippen molar-refractivity contribution in [3.05, 3.63) is 65.5 Å². The number of hydrogen-bond donors (Lipinski definition) is 1. The van der Waals surface area contributed by atoms with Crippen LogP contribution in [-0.2, 0) is 14.3 Å². The molecule has 1 N–H and O–H groups in total. The number of ether oxygens (including phenoxy) is 2. The monoisotopic (exact) mass is 354 g/mol. The molecule has 0 unspecified atom stereocenters. The van der Waals surface area contributed by atoms with Crippen LogP contribution in [0.25, 0.3) is 6.08 Å². The first kappa shape index (κ1) is 18.7. The Bertz CT molecular complexity index is 887. The van der Waals surface area contributed by atoms with Gasteiger partial charge in [-0.1, -0.05) is 24.3 Å². The van der Waals surface area contributed by atoms with Crippen molar-refractivity contribution in [3.8, 4) is 11.8 Å². The number of esters is 1. The van der Waals surface area contributed by atoms with E-state index < -0.39 is 24.3 Å². The van der Waals surface area contributed by atoms with Crippen molar-refractivity contribution in [2.24, 2.45) is 0 Å². The standard InChI is InChI=1S/C19H15FN2O4/c1-25-15-6-4-5-13(10-15)9-14(11-21)19(24)26-12-18(23)22-17-8-3-2-7-16(17)20/h2-10H,12H2,1H3,(H,22,23)/b14-9+. The van der Waals surface area contributed by atoms with Crippen LogP contribution in [0.3, 0.4) is 0 Å². The molecule has 0 aromatic heterocycles. The highest BCUT2D eigenvalue weighted by molar-refractivity contribution is 6.00. The molecule has 0 radical (unpaired) electrons. The third-order valence-corrected chi connectivity index (χ3v) is 3.23. The predicted octanol–water partition coefficient (Wildman–Crippen LogP) is 2.92. The van der Waals surface area contributed by atoms with Gasteiger partial charge in [0, 0.05) is 0 Å². The highest BCUT2D eigenvalue weighted by atomic mass is 19.1. The number of benzene rings is 2. The maximum Gasteiger partial charge on any atom is 0.349 e. The third kappa shape index (κ3) is 5.18. The molecule has 0 fully saturated rings. The maximum absolute atomic E-state index is 13.5. The SMILES string of the molecule is COc1cccc(/C=C(\C#N)C(=O)OCC(=O)Nc2ccccc2F)c1. The van der Waals surface area contributed by atoms with Gasteiger partial charge in [0.1, 0.15) is 23.2 Å². The molecule has 0 spiro atoms. The molecular weight excluding hydrogens is 339 g/mol. The van der Waals surface area contributed by atoms with Crippen LogP contribution in [-0.4, -0.2) is 25.6 Å². The minimum absolute atomic E-state index is 0.0269.